The number of para-hydroxylation sites is 1. The third-order valence-electron chi connectivity index (χ3n) is 4.00. The van der Waals surface area contributed by atoms with Crippen LogP contribution in [0.1, 0.15) is 5.56 Å². The monoisotopic (exact) mass is 394 g/mol. The second-order valence-electron chi connectivity index (χ2n) is 6.07. The van der Waals surface area contributed by atoms with Crippen molar-refractivity contribution in [3.05, 3.63) is 60.2 Å². The smallest absolute Gasteiger partial charge is 0.416 e. The number of hydrogen-bond donors (Lipinski definition) is 1. The van der Waals surface area contributed by atoms with Crippen LogP contribution in [-0.2, 0) is 15.7 Å². The van der Waals surface area contributed by atoms with E-state index in [-0.39, 0.29) is 25.4 Å². The van der Waals surface area contributed by atoms with Crippen LogP contribution in [-0.4, -0.2) is 37.8 Å². The lowest BCUT2D eigenvalue weighted by Crippen LogP contribution is -2.37. The fraction of sp³-hybridized carbons (Fsp3) is 0.263. The van der Waals surface area contributed by atoms with E-state index in [4.69, 9.17) is 9.47 Å². The molecule has 0 aliphatic carbocycles. The first-order valence-electron chi connectivity index (χ1n) is 8.43. The summed E-state index contributed by atoms with van der Waals surface area (Å²) < 4.78 is 48.9. The van der Waals surface area contributed by atoms with Crippen molar-refractivity contribution in [3.63, 3.8) is 0 Å². The minimum Gasteiger partial charge on any atom is -0.484 e. The molecule has 2 aromatic carbocycles. The van der Waals surface area contributed by atoms with Crippen molar-refractivity contribution < 1.29 is 32.2 Å². The maximum atomic E-state index is 12.8. The summed E-state index contributed by atoms with van der Waals surface area (Å²) in [6.07, 6.45) is -5.95. The van der Waals surface area contributed by atoms with Crippen LogP contribution in [0, 0.1) is 0 Å². The van der Waals surface area contributed by atoms with Crippen LogP contribution < -0.4 is 15.0 Å². The standard InChI is InChI=1S/C19H17F3N2O4/c20-19(21,22)13-5-4-6-14(9-13)24-11-16(28-18(24)26)10-23-17(25)12-27-15-7-2-1-3-8-15/h1-9,16H,10-12H2,(H,23,25). The first kappa shape index (κ1) is 19.5. The lowest BCUT2D eigenvalue weighted by Gasteiger charge is -2.15. The van der Waals surface area contributed by atoms with Gasteiger partial charge in [-0.05, 0) is 30.3 Å². The molecule has 1 N–H and O–H groups in total. The van der Waals surface area contributed by atoms with E-state index in [1.807, 2.05) is 6.07 Å². The van der Waals surface area contributed by atoms with Gasteiger partial charge in [0, 0.05) is 5.69 Å². The van der Waals surface area contributed by atoms with Gasteiger partial charge in [-0.25, -0.2) is 4.79 Å². The molecular weight excluding hydrogens is 377 g/mol. The van der Waals surface area contributed by atoms with E-state index in [9.17, 15) is 22.8 Å². The third-order valence-corrected chi connectivity index (χ3v) is 4.00. The van der Waals surface area contributed by atoms with E-state index in [1.54, 1.807) is 24.3 Å². The molecule has 1 aliphatic rings. The molecular formula is C19H17F3N2O4. The minimum atomic E-state index is -4.51. The van der Waals surface area contributed by atoms with Crippen molar-refractivity contribution in [2.24, 2.45) is 0 Å². The molecule has 1 heterocycles. The lowest BCUT2D eigenvalue weighted by atomic mass is 10.2. The van der Waals surface area contributed by atoms with Crippen molar-refractivity contribution >= 4 is 17.7 Å². The number of carbonyl (C=O) groups excluding carboxylic acids is 2. The molecule has 1 atom stereocenters. The van der Waals surface area contributed by atoms with Crippen LogP contribution >= 0.6 is 0 Å². The van der Waals surface area contributed by atoms with E-state index in [2.05, 4.69) is 5.32 Å². The Morgan fingerprint density at radius 3 is 2.64 bits per heavy atom. The number of anilines is 1. The Hall–Kier alpha value is -3.23. The summed E-state index contributed by atoms with van der Waals surface area (Å²) in [5.41, 5.74) is -0.770. The summed E-state index contributed by atoms with van der Waals surface area (Å²) >= 11 is 0. The maximum absolute atomic E-state index is 12.8. The molecule has 0 bridgehead atoms. The number of carbonyl (C=O) groups is 2. The average Bonchev–Trinajstić information content (AvgIpc) is 3.05. The summed E-state index contributed by atoms with van der Waals surface area (Å²) in [7, 11) is 0. The number of cyclic esters (lactones) is 1. The molecule has 0 radical (unpaired) electrons. The molecule has 2 aromatic rings. The number of nitrogens with one attached hydrogen (secondary N) is 1. The number of rotatable bonds is 6. The molecule has 0 spiro atoms. The maximum Gasteiger partial charge on any atom is 0.416 e. The number of halogens is 3. The topological polar surface area (TPSA) is 67.9 Å². The molecule has 2 amide bonds. The number of hydrogen-bond acceptors (Lipinski definition) is 4. The Morgan fingerprint density at radius 2 is 1.93 bits per heavy atom. The molecule has 3 rings (SSSR count). The predicted molar refractivity (Wildman–Crippen MR) is 94.0 cm³/mol. The zero-order chi connectivity index (χ0) is 20.1. The van der Waals surface area contributed by atoms with Gasteiger partial charge in [-0.2, -0.15) is 13.2 Å². The van der Waals surface area contributed by atoms with Gasteiger partial charge in [0.2, 0.25) is 0 Å². The quantitative estimate of drug-likeness (QED) is 0.817. The zero-order valence-electron chi connectivity index (χ0n) is 14.6. The Morgan fingerprint density at radius 1 is 1.18 bits per heavy atom. The van der Waals surface area contributed by atoms with Crippen molar-refractivity contribution in [2.45, 2.75) is 12.3 Å². The van der Waals surface area contributed by atoms with Crippen LogP contribution in [0.5, 0.6) is 5.75 Å². The molecule has 1 saturated heterocycles. The third kappa shape index (κ3) is 4.93. The number of nitrogens with zero attached hydrogens (tertiary/aromatic N) is 1. The second-order valence-corrected chi connectivity index (χ2v) is 6.07. The fourth-order valence-corrected chi connectivity index (χ4v) is 2.63. The SMILES string of the molecule is O=C(COc1ccccc1)NCC1CN(c2cccc(C(F)(F)F)c2)C(=O)O1. The summed E-state index contributed by atoms with van der Waals surface area (Å²) in [6, 6.07) is 13.2. The van der Waals surface area contributed by atoms with Gasteiger partial charge in [0.05, 0.1) is 18.7 Å². The summed E-state index contributed by atoms with van der Waals surface area (Å²) in [6.45, 7) is -0.153. The molecule has 9 heteroatoms. The van der Waals surface area contributed by atoms with Crippen LogP contribution in [0.25, 0.3) is 0 Å². The van der Waals surface area contributed by atoms with Gasteiger partial charge in [-0.15, -0.1) is 0 Å². The summed E-state index contributed by atoms with van der Waals surface area (Å²) in [5.74, 6) is 0.137. The Bertz CT molecular complexity index is 843. The van der Waals surface area contributed by atoms with Crippen molar-refractivity contribution in [1.29, 1.82) is 0 Å². The molecule has 6 nitrogen and oxygen atoms in total. The van der Waals surface area contributed by atoms with Crippen LogP contribution in [0.4, 0.5) is 23.7 Å². The first-order valence-corrected chi connectivity index (χ1v) is 8.43. The van der Waals surface area contributed by atoms with E-state index < -0.39 is 29.8 Å². The predicted octanol–water partition coefficient (Wildman–Crippen LogP) is 3.23. The van der Waals surface area contributed by atoms with E-state index in [1.165, 1.54) is 12.1 Å². The molecule has 28 heavy (non-hydrogen) atoms. The van der Waals surface area contributed by atoms with Crippen LogP contribution in [0.2, 0.25) is 0 Å². The number of benzene rings is 2. The highest BCUT2D eigenvalue weighted by atomic mass is 19.4. The molecule has 1 aliphatic heterocycles. The summed E-state index contributed by atoms with van der Waals surface area (Å²) in [4.78, 5) is 24.9. The van der Waals surface area contributed by atoms with Crippen molar-refractivity contribution in [2.75, 3.05) is 24.6 Å². The van der Waals surface area contributed by atoms with Gasteiger partial charge >= 0.3 is 12.3 Å². The highest BCUT2D eigenvalue weighted by Gasteiger charge is 2.35. The minimum absolute atomic E-state index is 0.0260. The first-order chi connectivity index (χ1) is 13.3. The van der Waals surface area contributed by atoms with Crippen molar-refractivity contribution in [3.8, 4) is 5.75 Å². The highest BCUT2D eigenvalue weighted by Crippen LogP contribution is 2.32. The number of ether oxygens (including phenoxy) is 2. The lowest BCUT2D eigenvalue weighted by molar-refractivity contribution is -0.137. The van der Waals surface area contributed by atoms with Crippen LogP contribution in [0.15, 0.2) is 54.6 Å². The Labute approximate surface area is 158 Å². The largest absolute Gasteiger partial charge is 0.484 e. The number of alkyl halides is 3. The van der Waals surface area contributed by atoms with Gasteiger partial charge in [-0.3, -0.25) is 9.69 Å². The van der Waals surface area contributed by atoms with Gasteiger partial charge in [0.25, 0.3) is 5.91 Å². The second kappa shape index (κ2) is 8.20. The molecule has 0 aromatic heterocycles. The molecule has 1 fully saturated rings. The zero-order valence-corrected chi connectivity index (χ0v) is 14.6. The number of amides is 2. The van der Waals surface area contributed by atoms with Gasteiger partial charge in [0.1, 0.15) is 11.9 Å². The van der Waals surface area contributed by atoms with Crippen LogP contribution in [0.3, 0.4) is 0 Å². The average molecular weight is 394 g/mol. The fourth-order valence-electron chi connectivity index (χ4n) is 2.63. The molecule has 1 unspecified atom stereocenters. The molecule has 148 valence electrons. The van der Waals surface area contributed by atoms with E-state index >= 15 is 0 Å². The van der Waals surface area contributed by atoms with Crippen molar-refractivity contribution in [1.82, 2.24) is 5.32 Å². The highest BCUT2D eigenvalue weighted by molar-refractivity contribution is 5.90. The Kier molecular flexibility index (Phi) is 5.72. The summed E-state index contributed by atoms with van der Waals surface area (Å²) in [5, 5.41) is 2.58. The van der Waals surface area contributed by atoms with Gasteiger partial charge in [0.15, 0.2) is 6.61 Å². The molecule has 0 saturated carbocycles. The van der Waals surface area contributed by atoms with Gasteiger partial charge < -0.3 is 14.8 Å². The van der Waals surface area contributed by atoms with E-state index in [0.29, 0.717) is 5.75 Å². The normalized spacial score (nSPS) is 16.6. The van der Waals surface area contributed by atoms with E-state index in [0.717, 1.165) is 17.0 Å². The van der Waals surface area contributed by atoms with Gasteiger partial charge in [-0.1, -0.05) is 24.3 Å². The Balaban J connectivity index is 1.51.